The van der Waals surface area contributed by atoms with Crippen LogP contribution in [-0.2, 0) is 11.3 Å². The Hall–Kier alpha value is -1.99. The zero-order chi connectivity index (χ0) is 17.1. The molecule has 7 nitrogen and oxygen atoms in total. The molecule has 7 heteroatoms. The lowest BCUT2D eigenvalue weighted by molar-refractivity contribution is 0.0297. The third kappa shape index (κ3) is 3.99. The van der Waals surface area contributed by atoms with Gasteiger partial charge in [0.15, 0.2) is 0 Å². The molecule has 1 atom stereocenters. The van der Waals surface area contributed by atoms with Crippen molar-refractivity contribution in [1.29, 1.82) is 0 Å². The van der Waals surface area contributed by atoms with Gasteiger partial charge in [-0.05, 0) is 30.9 Å². The summed E-state index contributed by atoms with van der Waals surface area (Å²) in [6.45, 7) is 8.48. The van der Waals surface area contributed by atoms with E-state index in [1.807, 2.05) is 12.3 Å². The van der Waals surface area contributed by atoms with Gasteiger partial charge in [-0.15, -0.1) is 0 Å². The fraction of sp³-hybridized carbons (Fsp3) is 0.611. The van der Waals surface area contributed by atoms with Crippen molar-refractivity contribution in [2.45, 2.75) is 26.3 Å². The van der Waals surface area contributed by atoms with Gasteiger partial charge in [0.05, 0.1) is 19.8 Å². The molecule has 0 N–H and O–H groups in total. The van der Waals surface area contributed by atoms with Gasteiger partial charge in [0.1, 0.15) is 5.82 Å². The molecule has 2 saturated heterocycles. The molecule has 4 heterocycles. The molecule has 0 aliphatic carbocycles. The van der Waals surface area contributed by atoms with Crippen LogP contribution in [0, 0.1) is 5.92 Å². The lowest BCUT2D eigenvalue weighted by atomic mass is 10.0. The maximum atomic E-state index is 5.40. The summed E-state index contributed by atoms with van der Waals surface area (Å²) in [6.07, 6.45) is 4.39. The molecule has 0 bridgehead atoms. The van der Waals surface area contributed by atoms with Gasteiger partial charge >= 0.3 is 0 Å². The molecular formula is C18H25N5O2. The number of piperidine rings is 1. The smallest absolute Gasteiger partial charge is 0.241 e. The van der Waals surface area contributed by atoms with E-state index in [2.05, 4.69) is 37.9 Å². The fourth-order valence-electron chi connectivity index (χ4n) is 3.49. The van der Waals surface area contributed by atoms with Crippen LogP contribution in [0.4, 0.5) is 5.82 Å². The van der Waals surface area contributed by atoms with Crippen LogP contribution in [0.3, 0.4) is 0 Å². The molecule has 25 heavy (non-hydrogen) atoms. The number of pyridine rings is 1. The van der Waals surface area contributed by atoms with E-state index in [9.17, 15) is 0 Å². The van der Waals surface area contributed by atoms with E-state index in [1.54, 1.807) is 0 Å². The maximum Gasteiger partial charge on any atom is 0.241 e. The van der Waals surface area contributed by atoms with Crippen molar-refractivity contribution in [2.24, 2.45) is 5.92 Å². The highest BCUT2D eigenvalue weighted by atomic mass is 16.5. The third-order valence-corrected chi connectivity index (χ3v) is 4.92. The van der Waals surface area contributed by atoms with Crippen molar-refractivity contribution >= 4 is 5.82 Å². The van der Waals surface area contributed by atoms with E-state index < -0.39 is 0 Å². The molecule has 4 rings (SSSR count). The molecule has 2 fully saturated rings. The van der Waals surface area contributed by atoms with Crippen LogP contribution in [-0.4, -0.2) is 59.4 Å². The standard InChI is InChI=1S/C18H25N5O2/c1-14-3-2-6-23(12-14)16-5-4-15(11-19-16)18-20-17(25-21-18)13-22-7-9-24-10-8-22/h4-5,11,14H,2-3,6-10,12-13H2,1H3/t14-/m1/s1. The lowest BCUT2D eigenvalue weighted by Crippen LogP contribution is -2.35. The molecule has 2 aliphatic rings. The minimum absolute atomic E-state index is 0.606. The van der Waals surface area contributed by atoms with Crippen molar-refractivity contribution < 1.29 is 9.26 Å². The summed E-state index contributed by atoms with van der Waals surface area (Å²) in [5, 5.41) is 4.11. The van der Waals surface area contributed by atoms with E-state index in [0.717, 1.165) is 56.7 Å². The summed E-state index contributed by atoms with van der Waals surface area (Å²) in [7, 11) is 0. The first kappa shape index (κ1) is 16.5. The summed E-state index contributed by atoms with van der Waals surface area (Å²) in [5.41, 5.74) is 0.894. The number of morpholine rings is 1. The molecule has 2 aromatic rings. The number of rotatable bonds is 4. The van der Waals surface area contributed by atoms with Gasteiger partial charge in [-0.1, -0.05) is 12.1 Å². The summed E-state index contributed by atoms with van der Waals surface area (Å²) in [6, 6.07) is 4.09. The number of hydrogen-bond acceptors (Lipinski definition) is 7. The Bertz CT molecular complexity index is 681. The van der Waals surface area contributed by atoms with Gasteiger partial charge in [0.2, 0.25) is 11.7 Å². The monoisotopic (exact) mass is 343 g/mol. The quantitative estimate of drug-likeness (QED) is 0.843. The highest BCUT2D eigenvalue weighted by molar-refractivity contribution is 5.55. The van der Waals surface area contributed by atoms with Gasteiger partial charge < -0.3 is 14.2 Å². The van der Waals surface area contributed by atoms with E-state index in [4.69, 9.17) is 9.26 Å². The highest BCUT2D eigenvalue weighted by Gasteiger charge is 2.19. The Morgan fingerprint density at radius 1 is 1.20 bits per heavy atom. The van der Waals surface area contributed by atoms with E-state index in [1.165, 1.54) is 12.8 Å². The topological polar surface area (TPSA) is 67.5 Å². The number of aromatic nitrogens is 3. The van der Waals surface area contributed by atoms with Gasteiger partial charge in [-0.3, -0.25) is 4.90 Å². The van der Waals surface area contributed by atoms with Crippen LogP contribution in [0.25, 0.3) is 11.4 Å². The van der Waals surface area contributed by atoms with Crippen LogP contribution in [0.1, 0.15) is 25.7 Å². The molecule has 0 aromatic carbocycles. The molecule has 0 spiro atoms. The zero-order valence-electron chi connectivity index (χ0n) is 14.7. The second-order valence-electron chi connectivity index (χ2n) is 7.00. The summed E-state index contributed by atoms with van der Waals surface area (Å²) in [5.74, 6) is 3.02. The molecule has 2 aromatic heterocycles. The van der Waals surface area contributed by atoms with Crippen LogP contribution in [0.2, 0.25) is 0 Å². The maximum absolute atomic E-state index is 5.40. The van der Waals surface area contributed by atoms with Crippen LogP contribution in [0.5, 0.6) is 0 Å². The summed E-state index contributed by atoms with van der Waals surface area (Å²) in [4.78, 5) is 13.8. The predicted molar refractivity (Wildman–Crippen MR) is 94.2 cm³/mol. The Balaban J connectivity index is 1.41. The summed E-state index contributed by atoms with van der Waals surface area (Å²) >= 11 is 0. The lowest BCUT2D eigenvalue weighted by Gasteiger charge is -2.31. The van der Waals surface area contributed by atoms with E-state index in [-0.39, 0.29) is 0 Å². The number of nitrogens with zero attached hydrogens (tertiary/aromatic N) is 5. The second kappa shape index (κ2) is 7.49. The van der Waals surface area contributed by atoms with Crippen LogP contribution >= 0.6 is 0 Å². The first-order chi connectivity index (χ1) is 12.3. The van der Waals surface area contributed by atoms with Crippen LogP contribution in [0.15, 0.2) is 22.9 Å². The number of anilines is 1. The Labute approximate surface area is 148 Å². The highest BCUT2D eigenvalue weighted by Crippen LogP contribution is 2.23. The SMILES string of the molecule is C[C@@H]1CCCN(c2ccc(-c3noc(CN4CCOCC4)n3)cn2)C1. The molecule has 134 valence electrons. The zero-order valence-corrected chi connectivity index (χ0v) is 14.7. The van der Waals surface area contributed by atoms with Crippen LogP contribution < -0.4 is 4.90 Å². The van der Waals surface area contributed by atoms with E-state index >= 15 is 0 Å². The summed E-state index contributed by atoms with van der Waals surface area (Å²) < 4.78 is 10.8. The largest absolute Gasteiger partial charge is 0.379 e. The molecule has 0 unspecified atom stereocenters. The van der Waals surface area contributed by atoms with E-state index in [0.29, 0.717) is 18.3 Å². The first-order valence-corrected chi connectivity index (χ1v) is 9.12. The average molecular weight is 343 g/mol. The molecule has 0 radical (unpaired) electrons. The van der Waals surface area contributed by atoms with Crippen molar-refractivity contribution in [3.63, 3.8) is 0 Å². The Morgan fingerprint density at radius 3 is 2.84 bits per heavy atom. The van der Waals surface area contributed by atoms with Crippen molar-refractivity contribution in [1.82, 2.24) is 20.0 Å². The fourth-order valence-corrected chi connectivity index (χ4v) is 3.49. The first-order valence-electron chi connectivity index (χ1n) is 9.12. The molecule has 0 amide bonds. The number of hydrogen-bond donors (Lipinski definition) is 0. The normalized spacial score (nSPS) is 22.3. The van der Waals surface area contributed by atoms with Crippen molar-refractivity contribution in [3.05, 3.63) is 24.2 Å². The van der Waals surface area contributed by atoms with Crippen molar-refractivity contribution in [2.75, 3.05) is 44.3 Å². The minimum atomic E-state index is 0.606. The van der Waals surface area contributed by atoms with Crippen molar-refractivity contribution in [3.8, 4) is 11.4 Å². The van der Waals surface area contributed by atoms with Gasteiger partial charge in [0.25, 0.3) is 0 Å². The van der Waals surface area contributed by atoms with Gasteiger partial charge in [-0.25, -0.2) is 4.98 Å². The number of ether oxygens (including phenoxy) is 1. The predicted octanol–water partition coefficient (Wildman–Crippen LogP) is 2.20. The van der Waals surface area contributed by atoms with Gasteiger partial charge in [0, 0.05) is 37.9 Å². The minimum Gasteiger partial charge on any atom is -0.379 e. The second-order valence-corrected chi connectivity index (χ2v) is 7.00. The molecular weight excluding hydrogens is 318 g/mol. The average Bonchev–Trinajstić information content (AvgIpc) is 3.11. The Morgan fingerprint density at radius 2 is 2.08 bits per heavy atom. The Kier molecular flexibility index (Phi) is 4.94. The van der Waals surface area contributed by atoms with Gasteiger partial charge in [-0.2, -0.15) is 4.98 Å². The molecule has 2 aliphatic heterocycles. The third-order valence-electron chi connectivity index (χ3n) is 4.92. The molecule has 0 saturated carbocycles.